The van der Waals surface area contributed by atoms with Crippen molar-refractivity contribution in [2.24, 2.45) is 0 Å². The Hall–Kier alpha value is -1.81. The maximum atomic E-state index is 12.0. The molecule has 0 spiro atoms. The van der Waals surface area contributed by atoms with Gasteiger partial charge >= 0.3 is 6.03 Å². The molecule has 0 aliphatic carbocycles. The Kier molecular flexibility index (Phi) is 3.51. The van der Waals surface area contributed by atoms with Crippen molar-refractivity contribution in [3.05, 3.63) is 48.0 Å². The summed E-state index contributed by atoms with van der Waals surface area (Å²) < 4.78 is 0. The number of nitrogens with zero attached hydrogens (tertiary/aromatic N) is 1. The third-order valence-electron chi connectivity index (χ3n) is 3.65. The van der Waals surface area contributed by atoms with E-state index in [0.717, 1.165) is 25.9 Å². The molecule has 4 nitrogen and oxygen atoms in total. The smallest absolute Gasteiger partial charge is 0.319 e. The van der Waals surface area contributed by atoms with Gasteiger partial charge in [-0.3, -0.25) is 5.32 Å². The molecule has 2 N–H and O–H groups in total. The zero-order chi connectivity index (χ0) is 13.1. The van der Waals surface area contributed by atoms with Gasteiger partial charge in [-0.15, -0.1) is 0 Å². The predicted octanol–water partition coefficient (Wildman–Crippen LogP) is 1.50. The van der Waals surface area contributed by atoms with Gasteiger partial charge in [0.2, 0.25) is 0 Å². The lowest BCUT2D eigenvalue weighted by atomic mass is 10.1. The lowest BCUT2D eigenvalue weighted by Crippen LogP contribution is -2.47. The molecule has 100 valence electrons. The number of amides is 2. The Morgan fingerprint density at radius 2 is 2.11 bits per heavy atom. The average Bonchev–Trinajstić information content (AvgIpc) is 2.82. The molecule has 3 rings (SSSR count). The van der Waals surface area contributed by atoms with Crippen LogP contribution in [0, 0.1) is 0 Å². The molecule has 2 aliphatic heterocycles. The van der Waals surface area contributed by atoms with E-state index in [1.807, 2.05) is 23.1 Å². The van der Waals surface area contributed by atoms with E-state index in [0.29, 0.717) is 0 Å². The monoisotopic (exact) mass is 257 g/mol. The number of hydrogen-bond donors (Lipinski definition) is 2. The number of benzene rings is 1. The van der Waals surface area contributed by atoms with Crippen LogP contribution < -0.4 is 10.6 Å². The number of rotatable bonds is 3. The first-order valence-electron chi connectivity index (χ1n) is 6.84. The van der Waals surface area contributed by atoms with Gasteiger partial charge in [0, 0.05) is 13.1 Å². The van der Waals surface area contributed by atoms with Crippen LogP contribution in [0.15, 0.2) is 42.5 Å². The molecule has 19 heavy (non-hydrogen) atoms. The van der Waals surface area contributed by atoms with Crippen LogP contribution in [-0.2, 0) is 6.42 Å². The van der Waals surface area contributed by atoms with Gasteiger partial charge in [0.05, 0.1) is 6.04 Å². The van der Waals surface area contributed by atoms with Crippen LogP contribution >= 0.6 is 0 Å². The van der Waals surface area contributed by atoms with E-state index in [-0.39, 0.29) is 18.2 Å². The van der Waals surface area contributed by atoms with Gasteiger partial charge in [-0.2, -0.15) is 0 Å². The van der Waals surface area contributed by atoms with E-state index in [1.54, 1.807) is 0 Å². The van der Waals surface area contributed by atoms with E-state index < -0.39 is 0 Å². The number of urea groups is 1. The van der Waals surface area contributed by atoms with Gasteiger partial charge in [-0.05, 0) is 18.4 Å². The Morgan fingerprint density at radius 3 is 2.84 bits per heavy atom. The molecular formula is C15H19N3O. The summed E-state index contributed by atoms with van der Waals surface area (Å²) in [7, 11) is 0. The lowest BCUT2D eigenvalue weighted by molar-refractivity contribution is 0.197. The van der Waals surface area contributed by atoms with Crippen LogP contribution in [0.5, 0.6) is 0 Å². The topological polar surface area (TPSA) is 44.4 Å². The first kappa shape index (κ1) is 12.2. The molecule has 1 saturated heterocycles. The molecule has 2 unspecified atom stereocenters. The van der Waals surface area contributed by atoms with Crippen molar-refractivity contribution < 1.29 is 4.79 Å². The van der Waals surface area contributed by atoms with Crippen molar-refractivity contribution in [2.75, 3.05) is 13.1 Å². The molecule has 0 bridgehead atoms. The minimum Gasteiger partial charge on any atom is -0.333 e. The van der Waals surface area contributed by atoms with Crippen LogP contribution in [0.4, 0.5) is 4.79 Å². The SMILES string of the molecule is O=C1NC(Cc2ccccc2)CN1C1C=CCCN1. The van der Waals surface area contributed by atoms with Crippen LogP contribution in [0.25, 0.3) is 0 Å². The van der Waals surface area contributed by atoms with Gasteiger partial charge < -0.3 is 10.2 Å². The molecule has 0 radical (unpaired) electrons. The van der Waals surface area contributed by atoms with E-state index in [2.05, 4.69) is 34.9 Å². The van der Waals surface area contributed by atoms with Gasteiger partial charge in [-0.1, -0.05) is 42.5 Å². The molecule has 1 aromatic rings. The molecule has 0 saturated carbocycles. The molecular weight excluding hydrogens is 238 g/mol. The fourth-order valence-corrected chi connectivity index (χ4v) is 2.70. The van der Waals surface area contributed by atoms with Crippen LogP contribution in [0.2, 0.25) is 0 Å². The van der Waals surface area contributed by atoms with E-state index in [9.17, 15) is 4.79 Å². The summed E-state index contributed by atoms with van der Waals surface area (Å²) in [4.78, 5) is 13.9. The maximum Gasteiger partial charge on any atom is 0.319 e. The van der Waals surface area contributed by atoms with Gasteiger partial charge in [0.1, 0.15) is 6.17 Å². The number of carbonyl (C=O) groups excluding carboxylic acids is 1. The van der Waals surface area contributed by atoms with Crippen LogP contribution in [-0.4, -0.2) is 36.2 Å². The molecule has 1 fully saturated rings. The Bertz CT molecular complexity index is 472. The molecule has 4 heteroatoms. The lowest BCUT2D eigenvalue weighted by Gasteiger charge is -2.27. The highest BCUT2D eigenvalue weighted by molar-refractivity contribution is 5.77. The summed E-state index contributed by atoms with van der Waals surface area (Å²) in [6, 6.07) is 10.5. The van der Waals surface area contributed by atoms with Gasteiger partial charge in [-0.25, -0.2) is 4.79 Å². The Morgan fingerprint density at radius 1 is 1.26 bits per heavy atom. The second kappa shape index (κ2) is 5.45. The molecule has 2 heterocycles. The summed E-state index contributed by atoms with van der Waals surface area (Å²) in [6.07, 6.45) is 6.20. The fourth-order valence-electron chi connectivity index (χ4n) is 2.70. The first-order valence-corrected chi connectivity index (χ1v) is 6.84. The highest BCUT2D eigenvalue weighted by atomic mass is 16.2. The van der Waals surface area contributed by atoms with Gasteiger partial charge in [0.15, 0.2) is 0 Å². The van der Waals surface area contributed by atoms with Crippen molar-refractivity contribution in [3.8, 4) is 0 Å². The van der Waals surface area contributed by atoms with Crippen molar-refractivity contribution in [1.82, 2.24) is 15.5 Å². The third-order valence-corrected chi connectivity index (χ3v) is 3.65. The van der Waals surface area contributed by atoms with Crippen molar-refractivity contribution in [3.63, 3.8) is 0 Å². The Labute approximate surface area is 113 Å². The second-order valence-electron chi connectivity index (χ2n) is 5.10. The highest BCUT2D eigenvalue weighted by Crippen LogP contribution is 2.14. The normalized spacial score (nSPS) is 26.5. The second-order valence-corrected chi connectivity index (χ2v) is 5.10. The largest absolute Gasteiger partial charge is 0.333 e. The molecule has 2 atom stereocenters. The summed E-state index contributed by atoms with van der Waals surface area (Å²) in [5.41, 5.74) is 1.27. The molecule has 0 aromatic heterocycles. The maximum absolute atomic E-state index is 12.0. The first-order chi connectivity index (χ1) is 9.33. The van der Waals surface area contributed by atoms with E-state index in [4.69, 9.17) is 0 Å². The summed E-state index contributed by atoms with van der Waals surface area (Å²) >= 11 is 0. The van der Waals surface area contributed by atoms with E-state index in [1.165, 1.54) is 5.56 Å². The quantitative estimate of drug-likeness (QED) is 0.806. The minimum absolute atomic E-state index is 0.0324. The van der Waals surface area contributed by atoms with Crippen molar-refractivity contribution in [2.45, 2.75) is 25.0 Å². The summed E-state index contributed by atoms with van der Waals surface area (Å²) in [5, 5.41) is 6.42. The molecule has 2 amide bonds. The molecule has 1 aromatic carbocycles. The highest BCUT2D eigenvalue weighted by Gasteiger charge is 2.32. The fraction of sp³-hybridized carbons (Fsp3) is 0.400. The zero-order valence-electron chi connectivity index (χ0n) is 10.9. The minimum atomic E-state index is 0.0324. The van der Waals surface area contributed by atoms with E-state index >= 15 is 0 Å². The number of carbonyl (C=O) groups is 1. The zero-order valence-corrected chi connectivity index (χ0v) is 10.9. The average molecular weight is 257 g/mol. The van der Waals surface area contributed by atoms with Crippen LogP contribution in [0.3, 0.4) is 0 Å². The molecule has 2 aliphatic rings. The summed E-state index contributed by atoms with van der Waals surface area (Å²) in [6.45, 7) is 1.70. The number of nitrogens with one attached hydrogen (secondary N) is 2. The van der Waals surface area contributed by atoms with Crippen molar-refractivity contribution >= 4 is 6.03 Å². The third kappa shape index (κ3) is 2.79. The van der Waals surface area contributed by atoms with Crippen LogP contribution in [0.1, 0.15) is 12.0 Å². The van der Waals surface area contributed by atoms with Gasteiger partial charge in [0.25, 0.3) is 0 Å². The standard InChI is InChI=1S/C15H19N3O/c19-15-17-13(10-12-6-2-1-3-7-12)11-18(15)14-8-4-5-9-16-14/h1-4,6-8,13-14,16H,5,9-11H2,(H,17,19). The van der Waals surface area contributed by atoms with Crippen molar-refractivity contribution in [1.29, 1.82) is 0 Å². The Balaban J connectivity index is 1.63. The predicted molar refractivity (Wildman–Crippen MR) is 74.7 cm³/mol. The number of hydrogen-bond acceptors (Lipinski definition) is 2. The summed E-state index contributed by atoms with van der Waals surface area (Å²) in [5.74, 6) is 0.